The number of hydrogen-bond acceptors (Lipinski definition) is 4. The van der Waals surface area contributed by atoms with Crippen molar-refractivity contribution in [3.63, 3.8) is 0 Å². The molecule has 0 radical (unpaired) electrons. The average molecular weight is 300 g/mol. The maximum Gasteiger partial charge on any atom is 0.132 e. The molecule has 4 nitrogen and oxygen atoms in total. The first-order valence-corrected chi connectivity index (χ1v) is 7.98. The van der Waals surface area contributed by atoms with E-state index in [1.54, 1.807) is 27.7 Å². The fourth-order valence-electron chi connectivity index (χ4n) is 2.17. The van der Waals surface area contributed by atoms with E-state index >= 15 is 0 Å². The van der Waals surface area contributed by atoms with Crippen LogP contribution in [0.3, 0.4) is 0 Å². The molecule has 0 spiro atoms. The Morgan fingerprint density at radius 3 is 1.24 bits per heavy atom. The van der Waals surface area contributed by atoms with Crippen molar-refractivity contribution in [2.45, 2.75) is 96.7 Å². The Hall–Kier alpha value is -0.740. The molecule has 21 heavy (non-hydrogen) atoms. The zero-order valence-electron chi connectivity index (χ0n) is 14.1. The molecular weight excluding hydrogens is 268 g/mol. The second-order valence-electron chi connectivity index (χ2n) is 7.26. The molecule has 0 aromatic rings. The third kappa shape index (κ3) is 15.5. The Morgan fingerprint density at radius 1 is 0.667 bits per heavy atom. The quantitative estimate of drug-likeness (QED) is 0.580. The molecule has 0 atom stereocenters. The van der Waals surface area contributed by atoms with Gasteiger partial charge in [0.1, 0.15) is 11.6 Å². The number of carbonyl (C=O) groups excluding carboxylic acids is 2. The highest BCUT2D eigenvalue weighted by molar-refractivity contribution is 5.81. The molecule has 0 unspecified atom stereocenters. The Balaban J connectivity index is 3.60. The largest absolute Gasteiger partial charge is 0.390 e. The second kappa shape index (κ2) is 9.31. The van der Waals surface area contributed by atoms with Gasteiger partial charge in [-0.2, -0.15) is 0 Å². The van der Waals surface area contributed by atoms with Crippen LogP contribution in [0.25, 0.3) is 0 Å². The Bertz CT molecular complexity index is 289. The van der Waals surface area contributed by atoms with Crippen molar-refractivity contribution in [2.24, 2.45) is 0 Å². The highest BCUT2D eigenvalue weighted by Crippen LogP contribution is 2.15. The number of hydrogen-bond donors (Lipinski definition) is 2. The van der Waals surface area contributed by atoms with Crippen LogP contribution in [-0.4, -0.2) is 33.0 Å². The third-order valence-corrected chi connectivity index (χ3v) is 3.40. The summed E-state index contributed by atoms with van der Waals surface area (Å²) in [5.74, 6) is 0.340. The van der Waals surface area contributed by atoms with Crippen molar-refractivity contribution in [1.29, 1.82) is 0 Å². The maximum absolute atomic E-state index is 11.6. The molecule has 124 valence electrons. The topological polar surface area (TPSA) is 74.6 Å². The monoisotopic (exact) mass is 300 g/mol. The van der Waals surface area contributed by atoms with Crippen molar-refractivity contribution >= 4 is 11.6 Å². The number of ketones is 2. The normalized spacial score (nSPS) is 12.5. The lowest BCUT2D eigenvalue weighted by atomic mass is 9.97. The van der Waals surface area contributed by atoms with E-state index in [-0.39, 0.29) is 11.6 Å². The second-order valence-corrected chi connectivity index (χ2v) is 7.26. The fourth-order valence-corrected chi connectivity index (χ4v) is 2.17. The summed E-state index contributed by atoms with van der Waals surface area (Å²) in [6.45, 7) is 6.96. The van der Waals surface area contributed by atoms with E-state index in [2.05, 4.69) is 0 Å². The molecule has 0 aromatic carbocycles. The average Bonchev–Trinajstić information content (AvgIpc) is 2.25. The molecule has 0 saturated heterocycles. The molecule has 2 N–H and O–H groups in total. The molecule has 0 saturated carbocycles. The maximum atomic E-state index is 11.6. The van der Waals surface area contributed by atoms with Crippen molar-refractivity contribution < 1.29 is 19.8 Å². The van der Waals surface area contributed by atoms with Gasteiger partial charge in [-0.05, 0) is 59.8 Å². The van der Waals surface area contributed by atoms with Gasteiger partial charge < -0.3 is 10.2 Å². The SMILES string of the molecule is CC(C)(O)CCCC(=O)CCCC(=O)CCCC(C)(C)O. The van der Waals surface area contributed by atoms with E-state index in [1.165, 1.54) is 0 Å². The van der Waals surface area contributed by atoms with Gasteiger partial charge in [0.2, 0.25) is 0 Å². The van der Waals surface area contributed by atoms with E-state index in [0.717, 1.165) is 0 Å². The van der Waals surface area contributed by atoms with Crippen LogP contribution in [0, 0.1) is 0 Å². The van der Waals surface area contributed by atoms with Gasteiger partial charge >= 0.3 is 0 Å². The van der Waals surface area contributed by atoms with Crippen LogP contribution in [0.2, 0.25) is 0 Å². The van der Waals surface area contributed by atoms with Gasteiger partial charge in [-0.15, -0.1) is 0 Å². The molecule has 0 heterocycles. The standard InChI is InChI=1S/C17H32O4/c1-16(2,20)12-6-10-14(18)8-5-9-15(19)11-7-13-17(3,4)21/h20-21H,5-13H2,1-4H3. The Labute approximate surface area is 128 Å². The summed E-state index contributed by atoms with van der Waals surface area (Å²) in [6, 6.07) is 0. The van der Waals surface area contributed by atoms with Crippen LogP contribution >= 0.6 is 0 Å². The Kier molecular flexibility index (Phi) is 8.98. The van der Waals surface area contributed by atoms with Gasteiger partial charge in [0, 0.05) is 25.7 Å². The van der Waals surface area contributed by atoms with Crippen LogP contribution in [0.4, 0.5) is 0 Å². The van der Waals surface area contributed by atoms with Crippen LogP contribution in [-0.2, 0) is 9.59 Å². The number of rotatable bonds is 12. The number of Topliss-reactive ketones (excluding diaryl/α,β-unsaturated/α-hetero) is 2. The van der Waals surface area contributed by atoms with E-state index in [1.807, 2.05) is 0 Å². The first kappa shape index (κ1) is 20.3. The van der Waals surface area contributed by atoms with Crippen LogP contribution in [0.5, 0.6) is 0 Å². The van der Waals surface area contributed by atoms with Gasteiger partial charge in [-0.3, -0.25) is 9.59 Å². The lowest BCUT2D eigenvalue weighted by Gasteiger charge is -2.16. The van der Waals surface area contributed by atoms with E-state index in [0.29, 0.717) is 57.8 Å². The summed E-state index contributed by atoms with van der Waals surface area (Å²) in [5.41, 5.74) is -1.42. The van der Waals surface area contributed by atoms with Crippen molar-refractivity contribution in [3.05, 3.63) is 0 Å². The van der Waals surface area contributed by atoms with Gasteiger partial charge in [-0.1, -0.05) is 0 Å². The zero-order chi connectivity index (χ0) is 16.5. The molecule has 0 fully saturated rings. The van der Waals surface area contributed by atoms with Crippen LogP contribution in [0.15, 0.2) is 0 Å². The first-order valence-electron chi connectivity index (χ1n) is 7.98. The van der Waals surface area contributed by atoms with Gasteiger partial charge in [0.15, 0.2) is 0 Å². The van der Waals surface area contributed by atoms with Crippen LogP contribution in [0.1, 0.15) is 85.5 Å². The van der Waals surface area contributed by atoms with Crippen LogP contribution < -0.4 is 0 Å². The summed E-state index contributed by atoms with van der Waals surface area (Å²) in [4.78, 5) is 23.3. The Morgan fingerprint density at radius 2 is 0.952 bits per heavy atom. The lowest BCUT2D eigenvalue weighted by Crippen LogP contribution is -2.18. The fraction of sp³-hybridized carbons (Fsp3) is 0.882. The van der Waals surface area contributed by atoms with Crippen molar-refractivity contribution in [1.82, 2.24) is 0 Å². The summed E-state index contributed by atoms with van der Waals surface area (Å²) in [7, 11) is 0. The van der Waals surface area contributed by atoms with Gasteiger partial charge in [0.25, 0.3) is 0 Å². The molecule has 0 aromatic heterocycles. The summed E-state index contributed by atoms with van der Waals surface area (Å²) in [6.07, 6.45) is 5.11. The van der Waals surface area contributed by atoms with Crippen molar-refractivity contribution in [3.8, 4) is 0 Å². The molecular formula is C17H32O4. The molecule has 4 heteroatoms. The summed E-state index contributed by atoms with van der Waals surface area (Å²) >= 11 is 0. The molecule has 0 aliphatic rings. The molecule has 0 aliphatic carbocycles. The summed E-state index contributed by atoms with van der Waals surface area (Å²) in [5, 5.41) is 19.1. The van der Waals surface area contributed by atoms with E-state index < -0.39 is 11.2 Å². The van der Waals surface area contributed by atoms with Gasteiger partial charge in [-0.25, -0.2) is 0 Å². The minimum atomic E-state index is -0.712. The highest BCUT2D eigenvalue weighted by atomic mass is 16.3. The molecule has 0 bridgehead atoms. The molecule has 0 amide bonds. The number of carbonyl (C=O) groups is 2. The predicted octanol–water partition coefficient (Wildman–Crippen LogP) is 3.18. The third-order valence-electron chi connectivity index (χ3n) is 3.40. The molecule has 0 rings (SSSR count). The predicted molar refractivity (Wildman–Crippen MR) is 84.2 cm³/mol. The zero-order valence-corrected chi connectivity index (χ0v) is 14.1. The minimum Gasteiger partial charge on any atom is -0.390 e. The molecule has 0 aliphatic heterocycles. The highest BCUT2D eigenvalue weighted by Gasteiger charge is 2.14. The van der Waals surface area contributed by atoms with E-state index in [4.69, 9.17) is 0 Å². The van der Waals surface area contributed by atoms with E-state index in [9.17, 15) is 19.8 Å². The van der Waals surface area contributed by atoms with Crippen molar-refractivity contribution in [2.75, 3.05) is 0 Å². The smallest absolute Gasteiger partial charge is 0.132 e. The number of aliphatic hydroxyl groups is 2. The first-order chi connectivity index (χ1) is 9.49. The lowest BCUT2D eigenvalue weighted by molar-refractivity contribution is -0.120. The van der Waals surface area contributed by atoms with Gasteiger partial charge in [0.05, 0.1) is 11.2 Å². The minimum absolute atomic E-state index is 0.170. The summed E-state index contributed by atoms with van der Waals surface area (Å²) < 4.78 is 0.